The van der Waals surface area contributed by atoms with Crippen molar-refractivity contribution in [1.82, 2.24) is 14.4 Å². The number of esters is 1. The summed E-state index contributed by atoms with van der Waals surface area (Å²) >= 11 is 0. The normalized spacial score (nSPS) is 17.6. The third-order valence-electron chi connectivity index (χ3n) is 6.81. The maximum Gasteiger partial charge on any atom is 0.308 e. The molecule has 2 fully saturated rings. The van der Waals surface area contributed by atoms with E-state index < -0.39 is 11.7 Å². The highest BCUT2D eigenvalue weighted by Crippen LogP contribution is 2.25. The van der Waals surface area contributed by atoms with Gasteiger partial charge in [-0.1, -0.05) is 31.0 Å². The number of ketones is 1. The number of piperidine rings is 1. The van der Waals surface area contributed by atoms with Gasteiger partial charge in [0.15, 0.2) is 0 Å². The number of benzene rings is 1. The maximum absolute atomic E-state index is 13.2. The van der Waals surface area contributed by atoms with Crippen LogP contribution in [0.2, 0.25) is 0 Å². The van der Waals surface area contributed by atoms with Gasteiger partial charge in [-0.3, -0.25) is 19.2 Å². The Bertz CT molecular complexity index is 1040. The molecular formula is C25H31N3O5. The molecule has 33 heavy (non-hydrogen) atoms. The summed E-state index contributed by atoms with van der Waals surface area (Å²) in [4.78, 5) is 54.3. The topological polar surface area (TPSA) is 88.9 Å². The zero-order valence-electron chi connectivity index (χ0n) is 19.1. The molecule has 1 aromatic heterocycles. The van der Waals surface area contributed by atoms with Crippen LogP contribution in [0.25, 0.3) is 10.9 Å². The predicted octanol–water partition coefficient (Wildman–Crippen LogP) is 2.64. The number of para-hydroxylation sites is 1. The van der Waals surface area contributed by atoms with Gasteiger partial charge in [0.25, 0.3) is 11.7 Å². The molecule has 0 aliphatic carbocycles. The molecule has 2 aromatic rings. The predicted molar refractivity (Wildman–Crippen MR) is 123 cm³/mol. The van der Waals surface area contributed by atoms with E-state index in [4.69, 9.17) is 4.74 Å². The van der Waals surface area contributed by atoms with Crippen LogP contribution in [0.15, 0.2) is 30.5 Å². The van der Waals surface area contributed by atoms with E-state index in [0.717, 1.165) is 44.3 Å². The molecule has 0 saturated carbocycles. The quantitative estimate of drug-likeness (QED) is 0.395. The number of aromatic nitrogens is 1. The summed E-state index contributed by atoms with van der Waals surface area (Å²) in [7, 11) is 1.36. The van der Waals surface area contributed by atoms with E-state index in [-0.39, 0.29) is 24.3 Å². The summed E-state index contributed by atoms with van der Waals surface area (Å²) in [5.41, 5.74) is 1.08. The minimum atomic E-state index is -0.580. The zero-order chi connectivity index (χ0) is 23.4. The molecule has 2 aliphatic rings. The number of ether oxygens (including phenoxy) is 1. The number of hydrogen-bond acceptors (Lipinski definition) is 5. The lowest BCUT2D eigenvalue weighted by Gasteiger charge is -2.30. The van der Waals surface area contributed by atoms with Gasteiger partial charge in [0.2, 0.25) is 5.91 Å². The Balaban J connectivity index is 1.51. The minimum absolute atomic E-state index is 0.0351. The maximum atomic E-state index is 13.2. The van der Waals surface area contributed by atoms with E-state index in [9.17, 15) is 19.2 Å². The van der Waals surface area contributed by atoms with E-state index in [1.807, 2.05) is 29.2 Å². The molecule has 2 saturated heterocycles. The zero-order valence-corrected chi connectivity index (χ0v) is 19.1. The number of amides is 2. The average Bonchev–Trinajstić information content (AvgIpc) is 3.01. The third kappa shape index (κ3) is 4.94. The summed E-state index contributed by atoms with van der Waals surface area (Å²) < 4.78 is 6.58. The lowest BCUT2D eigenvalue weighted by atomic mass is 9.96. The van der Waals surface area contributed by atoms with Crippen molar-refractivity contribution < 1.29 is 23.9 Å². The van der Waals surface area contributed by atoms with Gasteiger partial charge >= 0.3 is 5.97 Å². The number of methoxy groups -OCH3 is 1. The van der Waals surface area contributed by atoms with Crippen LogP contribution in [0.4, 0.5) is 0 Å². The summed E-state index contributed by atoms with van der Waals surface area (Å²) in [5.74, 6) is -1.62. The van der Waals surface area contributed by atoms with Gasteiger partial charge in [-0.25, -0.2) is 0 Å². The fraction of sp³-hybridized carbons (Fsp3) is 0.520. The summed E-state index contributed by atoms with van der Waals surface area (Å²) in [5, 5.41) is 0.670. The number of nitrogens with zero attached hydrogens (tertiary/aromatic N) is 3. The van der Waals surface area contributed by atoms with Gasteiger partial charge in [-0.2, -0.15) is 0 Å². The number of carbonyl (C=O) groups excluding carboxylic acids is 4. The number of Topliss-reactive ketones (excluding diaryl/α,β-unsaturated/α-hetero) is 1. The Morgan fingerprint density at radius 2 is 1.58 bits per heavy atom. The first-order valence-electron chi connectivity index (χ1n) is 11.8. The fourth-order valence-corrected chi connectivity index (χ4v) is 4.87. The molecule has 1 aromatic carbocycles. The van der Waals surface area contributed by atoms with E-state index in [1.54, 1.807) is 10.8 Å². The highest BCUT2D eigenvalue weighted by Gasteiger charge is 2.32. The van der Waals surface area contributed by atoms with E-state index in [0.29, 0.717) is 36.9 Å². The molecule has 2 aliphatic heterocycles. The number of hydrogen-bond donors (Lipinski definition) is 0. The smallest absolute Gasteiger partial charge is 0.308 e. The van der Waals surface area contributed by atoms with Crippen molar-refractivity contribution >= 4 is 34.5 Å². The van der Waals surface area contributed by atoms with Gasteiger partial charge < -0.3 is 19.1 Å². The molecule has 3 heterocycles. The van der Waals surface area contributed by atoms with Crippen molar-refractivity contribution in [2.24, 2.45) is 5.92 Å². The second-order valence-corrected chi connectivity index (χ2v) is 8.90. The van der Waals surface area contributed by atoms with Crippen molar-refractivity contribution in [1.29, 1.82) is 0 Å². The van der Waals surface area contributed by atoms with Gasteiger partial charge in [0.05, 0.1) is 18.6 Å². The monoisotopic (exact) mass is 453 g/mol. The van der Waals surface area contributed by atoms with Crippen molar-refractivity contribution in [2.45, 2.75) is 45.1 Å². The Hall–Kier alpha value is -3.16. The SMILES string of the molecule is COC(=O)C1CCN(C(=O)C(=O)c2cn(CC(=O)N3CCCCCC3)c3ccccc23)CC1. The van der Waals surface area contributed by atoms with Crippen LogP contribution in [0.3, 0.4) is 0 Å². The van der Waals surface area contributed by atoms with Crippen molar-refractivity contribution in [2.75, 3.05) is 33.3 Å². The number of likely N-dealkylation sites (tertiary alicyclic amines) is 2. The first kappa shape index (κ1) is 23.0. The average molecular weight is 454 g/mol. The molecule has 0 bridgehead atoms. The Kier molecular flexibility index (Phi) is 7.11. The molecule has 0 N–H and O–H groups in total. The molecule has 176 valence electrons. The largest absolute Gasteiger partial charge is 0.469 e. The number of rotatable bonds is 5. The lowest BCUT2D eigenvalue weighted by molar-refractivity contribution is -0.148. The fourth-order valence-electron chi connectivity index (χ4n) is 4.87. The van der Waals surface area contributed by atoms with Crippen molar-refractivity contribution in [3.05, 3.63) is 36.0 Å². The van der Waals surface area contributed by atoms with Crippen molar-refractivity contribution in [3.63, 3.8) is 0 Å². The Labute approximate surface area is 193 Å². The van der Waals surface area contributed by atoms with Crippen LogP contribution in [-0.2, 0) is 25.7 Å². The highest BCUT2D eigenvalue weighted by molar-refractivity contribution is 6.44. The number of fused-ring (bicyclic) bond motifs is 1. The highest BCUT2D eigenvalue weighted by atomic mass is 16.5. The van der Waals surface area contributed by atoms with Gasteiger partial charge in [0.1, 0.15) is 6.54 Å². The molecule has 0 atom stereocenters. The van der Waals surface area contributed by atoms with Crippen LogP contribution in [0, 0.1) is 5.92 Å². The van der Waals surface area contributed by atoms with Gasteiger partial charge in [-0.05, 0) is 31.7 Å². The molecule has 4 rings (SSSR count). The van der Waals surface area contributed by atoms with E-state index in [2.05, 4.69) is 0 Å². The van der Waals surface area contributed by atoms with Crippen LogP contribution in [-0.4, -0.2) is 71.2 Å². The molecule has 8 nitrogen and oxygen atoms in total. The summed E-state index contributed by atoms with van der Waals surface area (Å²) in [6.07, 6.45) is 6.94. The van der Waals surface area contributed by atoms with Crippen molar-refractivity contribution in [3.8, 4) is 0 Å². The molecule has 0 radical (unpaired) electrons. The first-order valence-corrected chi connectivity index (χ1v) is 11.8. The molecular weight excluding hydrogens is 422 g/mol. The van der Waals surface area contributed by atoms with Crippen LogP contribution in [0.5, 0.6) is 0 Å². The van der Waals surface area contributed by atoms with Gasteiger partial charge in [0, 0.05) is 43.3 Å². The molecule has 0 spiro atoms. The van der Waals surface area contributed by atoms with E-state index in [1.165, 1.54) is 12.0 Å². The molecule has 0 unspecified atom stereocenters. The minimum Gasteiger partial charge on any atom is -0.469 e. The summed E-state index contributed by atoms with van der Waals surface area (Å²) in [6.45, 7) is 2.37. The second-order valence-electron chi connectivity index (χ2n) is 8.90. The molecule has 8 heteroatoms. The summed E-state index contributed by atoms with van der Waals surface area (Å²) in [6, 6.07) is 7.37. The van der Waals surface area contributed by atoms with Crippen LogP contribution in [0.1, 0.15) is 48.9 Å². The van der Waals surface area contributed by atoms with Gasteiger partial charge in [-0.15, -0.1) is 0 Å². The molecule has 2 amide bonds. The second kappa shape index (κ2) is 10.2. The van der Waals surface area contributed by atoms with Crippen LogP contribution >= 0.6 is 0 Å². The Morgan fingerprint density at radius 1 is 0.909 bits per heavy atom. The lowest BCUT2D eigenvalue weighted by Crippen LogP contribution is -2.43. The first-order chi connectivity index (χ1) is 16.0. The standard InChI is InChI=1S/C25H31N3O5/c1-33-25(32)18-10-14-27(15-11-18)24(31)23(30)20-16-28(21-9-5-4-8-19(20)21)17-22(29)26-12-6-2-3-7-13-26/h4-5,8-9,16,18H,2-3,6-7,10-15,17H2,1H3. The van der Waals surface area contributed by atoms with Crippen LogP contribution < -0.4 is 0 Å². The number of carbonyl (C=O) groups is 4. The Morgan fingerprint density at radius 3 is 2.24 bits per heavy atom. The van der Waals surface area contributed by atoms with E-state index >= 15 is 0 Å². The third-order valence-corrected chi connectivity index (χ3v) is 6.81.